The Balaban J connectivity index is 1.73. The van der Waals surface area contributed by atoms with E-state index in [2.05, 4.69) is 20.0 Å². The fourth-order valence-corrected chi connectivity index (χ4v) is 4.83. The van der Waals surface area contributed by atoms with Crippen molar-refractivity contribution in [2.24, 2.45) is 5.92 Å². The molecule has 0 radical (unpaired) electrons. The molecule has 0 aliphatic heterocycles. The molecule has 6 nitrogen and oxygen atoms in total. The average molecular weight is 541 g/mol. The molecule has 38 heavy (non-hydrogen) atoms. The summed E-state index contributed by atoms with van der Waals surface area (Å²) in [6.45, 7) is 0. The summed E-state index contributed by atoms with van der Waals surface area (Å²) in [6.07, 6.45) is -4.72. The number of carbonyl (C=O) groups is 2. The van der Waals surface area contributed by atoms with Crippen molar-refractivity contribution in [1.82, 2.24) is 15.3 Å². The minimum atomic E-state index is -2.91. The monoisotopic (exact) mass is 541 g/mol. The quantitative estimate of drug-likeness (QED) is 0.269. The van der Waals surface area contributed by atoms with Crippen molar-refractivity contribution >= 4 is 22.9 Å². The average Bonchev–Trinajstić information content (AvgIpc) is 3.31. The Morgan fingerprint density at radius 3 is 2.45 bits per heavy atom. The van der Waals surface area contributed by atoms with Crippen LogP contribution >= 0.6 is 0 Å². The molecular weight excluding hydrogens is 516 g/mol. The third-order valence-electron chi connectivity index (χ3n) is 6.85. The van der Waals surface area contributed by atoms with E-state index >= 15 is 4.39 Å². The summed E-state index contributed by atoms with van der Waals surface area (Å²) in [7, 11) is 1.00. The second-order valence-electron chi connectivity index (χ2n) is 9.31. The summed E-state index contributed by atoms with van der Waals surface area (Å²) < 4.78 is 88.2. The summed E-state index contributed by atoms with van der Waals surface area (Å²) in [4.78, 5) is 32.1. The largest absolute Gasteiger partial charge is 0.469 e. The van der Waals surface area contributed by atoms with Gasteiger partial charge in [0.1, 0.15) is 17.2 Å². The number of aromatic nitrogens is 2. The molecule has 12 heteroatoms. The SMILES string of the molecule is COC(=O)C(CC(F)F)c1ccc2[nH]c([C@@H](NC(=O)c3ccccc3F)C3CCC(F)(F)CC3)nc2c1F. The van der Waals surface area contributed by atoms with E-state index < -0.39 is 73.0 Å². The molecule has 1 aliphatic rings. The Hall–Kier alpha value is -3.57. The van der Waals surface area contributed by atoms with Gasteiger partial charge in [0, 0.05) is 24.8 Å². The lowest BCUT2D eigenvalue weighted by atomic mass is 9.81. The van der Waals surface area contributed by atoms with Crippen molar-refractivity contribution < 1.29 is 40.7 Å². The molecule has 1 fully saturated rings. The number of hydrogen-bond donors (Lipinski definition) is 2. The van der Waals surface area contributed by atoms with E-state index in [1.807, 2.05) is 0 Å². The number of amides is 1. The molecule has 2 atom stereocenters. The van der Waals surface area contributed by atoms with Crippen LogP contribution in [0.15, 0.2) is 36.4 Å². The van der Waals surface area contributed by atoms with Gasteiger partial charge in [0.15, 0.2) is 5.82 Å². The fraction of sp³-hybridized carbons (Fsp3) is 0.423. The molecule has 4 rings (SSSR count). The molecule has 0 bridgehead atoms. The van der Waals surface area contributed by atoms with Gasteiger partial charge >= 0.3 is 5.97 Å². The number of fused-ring (bicyclic) bond motifs is 1. The standard InChI is InChI=1S/C26H25F6N3O3/c1-38-25(37)16(12-19(28)29)14-6-7-18-22(20(14)30)34-23(33-18)21(13-8-10-26(31,32)11-9-13)35-24(36)15-4-2-3-5-17(15)27/h2-7,13,16,19,21H,8-12H2,1H3,(H,33,34)(H,35,36)/t16?,21-/m0/s1. The Kier molecular flexibility index (Phi) is 7.98. The minimum Gasteiger partial charge on any atom is -0.469 e. The number of nitrogens with zero attached hydrogens (tertiary/aromatic N) is 1. The smallest absolute Gasteiger partial charge is 0.313 e. The van der Waals surface area contributed by atoms with Crippen LogP contribution in [0.5, 0.6) is 0 Å². The van der Waals surface area contributed by atoms with Crippen LogP contribution in [0.4, 0.5) is 26.3 Å². The lowest BCUT2D eigenvalue weighted by Crippen LogP contribution is -2.38. The number of halogens is 6. The second-order valence-corrected chi connectivity index (χ2v) is 9.31. The van der Waals surface area contributed by atoms with Gasteiger partial charge < -0.3 is 15.0 Å². The van der Waals surface area contributed by atoms with Gasteiger partial charge in [0.2, 0.25) is 12.3 Å². The van der Waals surface area contributed by atoms with Gasteiger partial charge in [-0.3, -0.25) is 9.59 Å². The van der Waals surface area contributed by atoms with Gasteiger partial charge in [-0.2, -0.15) is 0 Å². The number of nitrogens with one attached hydrogen (secondary N) is 2. The first kappa shape index (κ1) is 27.5. The lowest BCUT2D eigenvalue weighted by molar-refractivity contribution is -0.143. The fourth-order valence-electron chi connectivity index (χ4n) is 4.83. The van der Waals surface area contributed by atoms with Crippen molar-refractivity contribution in [2.75, 3.05) is 7.11 Å². The van der Waals surface area contributed by atoms with E-state index in [1.165, 1.54) is 24.3 Å². The molecule has 3 aromatic rings. The Bertz CT molecular complexity index is 1320. The topological polar surface area (TPSA) is 84.1 Å². The Morgan fingerprint density at radius 2 is 1.82 bits per heavy atom. The second kappa shape index (κ2) is 11.0. The molecule has 1 saturated carbocycles. The number of alkyl halides is 4. The van der Waals surface area contributed by atoms with Crippen molar-refractivity contribution in [3.8, 4) is 0 Å². The predicted octanol–water partition coefficient (Wildman–Crippen LogP) is 6.05. The molecule has 1 aliphatic carbocycles. The van der Waals surface area contributed by atoms with Gasteiger partial charge in [-0.05, 0) is 37.0 Å². The number of imidazole rings is 1. The maximum absolute atomic E-state index is 15.5. The normalized spacial score (nSPS) is 17.4. The van der Waals surface area contributed by atoms with Crippen LogP contribution in [-0.2, 0) is 9.53 Å². The maximum Gasteiger partial charge on any atom is 0.313 e. The number of carbonyl (C=O) groups excluding carboxylic acids is 2. The van der Waals surface area contributed by atoms with Crippen molar-refractivity contribution in [3.63, 3.8) is 0 Å². The minimum absolute atomic E-state index is 0.0127. The molecule has 2 N–H and O–H groups in total. The molecule has 0 saturated heterocycles. The van der Waals surface area contributed by atoms with Gasteiger partial charge in [-0.15, -0.1) is 0 Å². The highest BCUT2D eigenvalue weighted by molar-refractivity contribution is 5.94. The van der Waals surface area contributed by atoms with E-state index in [-0.39, 0.29) is 40.8 Å². The Labute approximate surface area is 213 Å². The van der Waals surface area contributed by atoms with E-state index in [0.29, 0.717) is 0 Å². The number of methoxy groups -OCH3 is 1. The zero-order chi connectivity index (χ0) is 27.6. The molecule has 0 spiro atoms. The summed E-state index contributed by atoms with van der Waals surface area (Å²) in [6, 6.07) is 6.72. The predicted molar refractivity (Wildman–Crippen MR) is 125 cm³/mol. The molecule has 1 amide bonds. The van der Waals surface area contributed by atoms with Crippen molar-refractivity contribution in [1.29, 1.82) is 0 Å². The number of benzene rings is 2. The van der Waals surface area contributed by atoms with Crippen LogP contribution < -0.4 is 5.32 Å². The van der Waals surface area contributed by atoms with Crippen molar-refractivity contribution in [3.05, 3.63) is 65.0 Å². The first-order chi connectivity index (χ1) is 18.0. The van der Waals surface area contributed by atoms with E-state index in [0.717, 1.165) is 19.2 Å². The van der Waals surface area contributed by atoms with Gasteiger partial charge in [-0.1, -0.05) is 18.2 Å². The van der Waals surface area contributed by atoms with E-state index in [9.17, 15) is 31.5 Å². The van der Waals surface area contributed by atoms with Crippen LogP contribution in [0, 0.1) is 17.6 Å². The van der Waals surface area contributed by atoms with Gasteiger partial charge in [-0.25, -0.2) is 31.3 Å². The number of aromatic amines is 1. The number of H-pyrrole nitrogens is 1. The van der Waals surface area contributed by atoms with Crippen LogP contribution in [0.2, 0.25) is 0 Å². The van der Waals surface area contributed by atoms with Gasteiger partial charge in [0.25, 0.3) is 5.91 Å². The third kappa shape index (κ3) is 5.78. The van der Waals surface area contributed by atoms with E-state index in [4.69, 9.17) is 0 Å². The van der Waals surface area contributed by atoms with E-state index in [1.54, 1.807) is 0 Å². The summed E-state index contributed by atoms with van der Waals surface area (Å²) in [5.41, 5.74) is -0.761. The highest BCUT2D eigenvalue weighted by Crippen LogP contribution is 2.41. The summed E-state index contributed by atoms with van der Waals surface area (Å²) in [5, 5.41) is 2.65. The molecule has 1 unspecified atom stereocenters. The zero-order valence-electron chi connectivity index (χ0n) is 20.2. The summed E-state index contributed by atoms with van der Waals surface area (Å²) in [5.74, 6) is -8.62. The number of rotatable bonds is 8. The zero-order valence-corrected chi connectivity index (χ0v) is 20.2. The van der Waals surface area contributed by atoms with Gasteiger partial charge in [0.05, 0.1) is 30.1 Å². The molecule has 2 aromatic carbocycles. The maximum atomic E-state index is 15.5. The third-order valence-corrected chi connectivity index (χ3v) is 6.85. The first-order valence-corrected chi connectivity index (χ1v) is 12.0. The van der Waals surface area contributed by atoms with Crippen LogP contribution in [0.1, 0.15) is 65.8 Å². The molecule has 204 valence electrons. The number of esters is 1. The number of hydrogen-bond acceptors (Lipinski definition) is 4. The van der Waals surface area contributed by atoms with Crippen molar-refractivity contribution in [2.45, 2.75) is 56.4 Å². The Morgan fingerprint density at radius 1 is 1.13 bits per heavy atom. The van der Waals surface area contributed by atoms with Crippen LogP contribution in [0.3, 0.4) is 0 Å². The highest BCUT2D eigenvalue weighted by atomic mass is 19.3. The summed E-state index contributed by atoms with van der Waals surface area (Å²) >= 11 is 0. The number of ether oxygens (including phenoxy) is 1. The van der Waals surface area contributed by atoms with Crippen LogP contribution in [0.25, 0.3) is 11.0 Å². The molecule has 1 aromatic heterocycles. The lowest BCUT2D eigenvalue weighted by Gasteiger charge is -2.33. The molecular formula is C26H25F6N3O3. The molecule has 1 heterocycles. The highest BCUT2D eigenvalue weighted by Gasteiger charge is 2.40. The first-order valence-electron chi connectivity index (χ1n) is 12.0. The van der Waals surface area contributed by atoms with Crippen LogP contribution in [-0.4, -0.2) is 41.3 Å².